The molecular formula is C20H27N3O4S. The number of hydrogen-bond acceptors (Lipinski definition) is 4. The maximum Gasteiger partial charge on any atom is 0.243 e. The largest absolute Gasteiger partial charge is 0.352 e. The molecule has 1 atom stereocenters. The average Bonchev–Trinajstić information content (AvgIpc) is 3.40. The van der Waals surface area contributed by atoms with E-state index in [1.54, 1.807) is 18.2 Å². The number of carbonyl (C=O) groups is 2. The van der Waals surface area contributed by atoms with Gasteiger partial charge in [-0.3, -0.25) is 14.5 Å². The molecule has 2 aliphatic heterocycles. The zero-order chi connectivity index (χ0) is 19.9. The van der Waals surface area contributed by atoms with Crippen molar-refractivity contribution in [3.63, 3.8) is 0 Å². The summed E-state index contributed by atoms with van der Waals surface area (Å²) in [6, 6.07) is 4.43. The van der Waals surface area contributed by atoms with Crippen LogP contribution in [-0.2, 0) is 26.0 Å². The van der Waals surface area contributed by atoms with Crippen molar-refractivity contribution in [3.8, 4) is 0 Å². The summed E-state index contributed by atoms with van der Waals surface area (Å²) < 4.78 is 27.2. The van der Waals surface area contributed by atoms with Crippen LogP contribution in [0.15, 0.2) is 23.1 Å². The molecule has 1 saturated heterocycles. The molecule has 1 aromatic carbocycles. The minimum atomic E-state index is -3.53. The van der Waals surface area contributed by atoms with Crippen LogP contribution in [0.25, 0.3) is 0 Å². The highest BCUT2D eigenvalue weighted by Gasteiger charge is 2.39. The number of rotatable bonds is 4. The van der Waals surface area contributed by atoms with Gasteiger partial charge in [0.15, 0.2) is 0 Å². The number of hydrogen-bond donors (Lipinski definition) is 1. The molecule has 1 saturated carbocycles. The van der Waals surface area contributed by atoms with Gasteiger partial charge in [0, 0.05) is 38.2 Å². The SMILES string of the molecule is CC(=O)N1c2ccc(S(=O)(=O)N3CCCC3)cc2C[C@H]1C(=O)NC1CCCC1. The quantitative estimate of drug-likeness (QED) is 0.828. The van der Waals surface area contributed by atoms with Gasteiger partial charge in [-0.15, -0.1) is 0 Å². The van der Waals surface area contributed by atoms with Crippen LogP contribution in [0, 0.1) is 0 Å². The lowest BCUT2D eigenvalue weighted by Gasteiger charge is -2.25. The molecule has 1 aromatic rings. The van der Waals surface area contributed by atoms with Gasteiger partial charge in [-0.05, 0) is 49.4 Å². The van der Waals surface area contributed by atoms with E-state index in [1.807, 2.05) is 0 Å². The minimum absolute atomic E-state index is 0.151. The highest BCUT2D eigenvalue weighted by molar-refractivity contribution is 7.89. The van der Waals surface area contributed by atoms with Crippen molar-refractivity contribution in [2.45, 2.75) is 68.8 Å². The van der Waals surface area contributed by atoms with Crippen LogP contribution in [-0.4, -0.2) is 49.7 Å². The first kappa shape index (κ1) is 19.4. The second-order valence-electron chi connectivity index (χ2n) is 8.00. The highest BCUT2D eigenvalue weighted by atomic mass is 32.2. The maximum atomic E-state index is 12.9. The fourth-order valence-electron chi connectivity index (χ4n) is 4.63. The number of sulfonamides is 1. The van der Waals surface area contributed by atoms with Crippen molar-refractivity contribution in [1.82, 2.24) is 9.62 Å². The number of benzene rings is 1. The third kappa shape index (κ3) is 3.43. The van der Waals surface area contributed by atoms with Crippen LogP contribution in [0.4, 0.5) is 5.69 Å². The normalized spacial score (nSPS) is 23.2. The lowest BCUT2D eigenvalue weighted by Crippen LogP contribution is -2.49. The molecule has 0 radical (unpaired) electrons. The van der Waals surface area contributed by atoms with Crippen molar-refractivity contribution >= 4 is 27.5 Å². The van der Waals surface area contributed by atoms with Gasteiger partial charge in [-0.1, -0.05) is 12.8 Å². The van der Waals surface area contributed by atoms with Gasteiger partial charge < -0.3 is 5.32 Å². The average molecular weight is 406 g/mol. The van der Waals surface area contributed by atoms with E-state index in [0.29, 0.717) is 25.2 Å². The third-order valence-corrected chi connectivity index (χ3v) is 7.98. The molecule has 0 spiro atoms. The molecule has 2 amide bonds. The zero-order valence-electron chi connectivity index (χ0n) is 16.2. The molecule has 2 heterocycles. The monoisotopic (exact) mass is 405 g/mol. The van der Waals surface area contributed by atoms with Gasteiger partial charge in [0.2, 0.25) is 21.8 Å². The van der Waals surface area contributed by atoms with Gasteiger partial charge >= 0.3 is 0 Å². The highest BCUT2D eigenvalue weighted by Crippen LogP contribution is 2.35. The molecule has 8 heteroatoms. The Labute approximate surface area is 166 Å². The van der Waals surface area contributed by atoms with Crippen LogP contribution >= 0.6 is 0 Å². The Morgan fingerprint density at radius 3 is 2.39 bits per heavy atom. The van der Waals surface area contributed by atoms with Crippen molar-refractivity contribution in [1.29, 1.82) is 0 Å². The first-order valence-electron chi connectivity index (χ1n) is 10.1. The molecule has 3 aliphatic rings. The maximum absolute atomic E-state index is 12.9. The predicted molar refractivity (Wildman–Crippen MR) is 105 cm³/mol. The molecule has 0 unspecified atom stereocenters. The molecule has 152 valence electrons. The molecule has 28 heavy (non-hydrogen) atoms. The number of fused-ring (bicyclic) bond motifs is 1. The number of carbonyl (C=O) groups excluding carboxylic acids is 2. The van der Waals surface area contributed by atoms with Crippen molar-refractivity contribution in [2.75, 3.05) is 18.0 Å². The summed E-state index contributed by atoms with van der Waals surface area (Å²) in [4.78, 5) is 26.9. The van der Waals surface area contributed by atoms with Crippen LogP contribution < -0.4 is 10.2 Å². The molecule has 1 N–H and O–H groups in total. The number of nitrogens with zero attached hydrogens (tertiary/aromatic N) is 2. The second kappa shape index (κ2) is 7.48. The predicted octanol–water partition coefficient (Wildman–Crippen LogP) is 1.81. The summed E-state index contributed by atoms with van der Waals surface area (Å²) in [5.74, 6) is -0.359. The Balaban J connectivity index is 1.60. The Morgan fingerprint density at radius 2 is 1.75 bits per heavy atom. The van der Waals surface area contributed by atoms with Crippen LogP contribution in [0.5, 0.6) is 0 Å². The van der Waals surface area contributed by atoms with Crippen molar-refractivity contribution < 1.29 is 18.0 Å². The lowest BCUT2D eigenvalue weighted by atomic mass is 10.1. The van der Waals surface area contributed by atoms with Gasteiger partial charge in [0.25, 0.3) is 0 Å². The summed E-state index contributed by atoms with van der Waals surface area (Å²) in [6.45, 7) is 2.54. The third-order valence-electron chi connectivity index (χ3n) is 6.08. The van der Waals surface area contributed by atoms with Crippen molar-refractivity contribution in [2.24, 2.45) is 0 Å². The van der Waals surface area contributed by atoms with Gasteiger partial charge in [0.1, 0.15) is 6.04 Å². The molecule has 1 aliphatic carbocycles. The molecule has 4 rings (SSSR count). The Bertz CT molecular complexity index is 887. The van der Waals surface area contributed by atoms with Crippen LogP contribution in [0.2, 0.25) is 0 Å². The first-order chi connectivity index (χ1) is 13.4. The van der Waals surface area contributed by atoms with Gasteiger partial charge in [-0.25, -0.2) is 8.42 Å². The van der Waals surface area contributed by atoms with Crippen molar-refractivity contribution in [3.05, 3.63) is 23.8 Å². The van der Waals surface area contributed by atoms with Gasteiger partial charge in [-0.2, -0.15) is 4.31 Å². The van der Waals surface area contributed by atoms with E-state index in [4.69, 9.17) is 0 Å². The van der Waals surface area contributed by atoms with E-state index < -0.39 is 16.1 Å². The number of anilines is 1. The summed E-state index contributed by atoms with van der Waals surface area (Å²) >= 11 is 0. The molecule has 0 bridgehead atoms. The molecule has 2 fully saturated rings. The topological polar surface area (TPSA) is 86.8 Å². The Hall–Kier alpha value is -1.93. The standard InChI is InChI=1S/C20H27N3O4S/c1-14(24)23-18-9-8-17(28(26,27)22-10-4-5-11-22)12-15(18)13-19(23)20(25)21-16-6-2-3-7-16/h8-9,12,16,19H,2-7,10-11,13H2,1H3,(H,21,25)/t19-/m0/s1. The first-order valence-corrected chi connectivity index (χ1v) is 11.5. The Morgan fingerprint density at radius 1 is 1.07 bits per heavy atom. The number of amides is 2. The summed E-state index contributed by atoms with van der Waals surface area (Å²) in [7, 11) is -3.53. The molecular weight excluding hydrogens is 378 g/mol. The lowest BCUT2D eigenvalue weighted by molar-refractivity contribution is -0.126. The number of nitrogens with one attached hydrogen (secondary N) is 1. The Kier molecular flexibility index (Phi) is 5.18. The van der Waals surface area contributed by atoms with E-state index in [2.05, 4.69) is 5.32 Å². The van der Waals surface area contributed by atoms with Crippen LogP contribution in [0.3, 0.4) is 0 Å². The summed E-state index contributed by atoms with van der Waals surface area (Å²) in [5.41, 5.74) is 1.38. The second-order valence-corrected chi connectivity index (χ2v) is 9.94. The smallest absolute Gasteiger partial charge is 0.243 e. The summed E-state index contributed by atoms with van der Waals surface area (Å²) in [6.07, 6.45) is 6.29. The van der Waals surface area contributed by atoms with E-state index in [0.717, 1.165) is 44.1 Å². The fourth-order valence-corrected chi connectivity index (χ4v) is 6.20. The minimum Gasteiger partial charge on any atom is -0.352 e. The zero-order valence-corrected chi connectivity index (χ0v) is 17.0. The molecule has 0 aromatic heterocycles. The molecule has 7 nitrogen and oxygen atoms in total. The van der Waals surface area contributed by atoms with E-state index in [-0.39, 0.29) is 22.8 Å². The van der Waals surface area contributed by atoms with E-state index >= 15 is 0 Å². The van der Waals surface area contributed by atoms with Gasteiger partial charge in [0.05, 0.1) is 4.90 Å². The summed E-state index contributed by atoms with van der Waals surface area (Å²) in [5, 5.41) is 3.07. The van der Waals surface area contributed by atoms with Crippen LogP contribution in [0.1, 0.15) is 51.0 Å². The fraction of sp³-hybridized carbons (Fsp3) is 0.600. The van der Waals surface area contributed by atoms with E-state index in [1.165, 1.54) is 16.1 Å². The van der Waals surface area contributed by atoms with E-state index in [9.17, 15) is 18.0 Å².